The number of esters is 4. The number of rotatable bonds is 72. The number of phosphoric ester groups is 2. The van der Waals surface area contributed by atoms with Gasteiger partial charge in [-0.3, -0.25) is 37.3 Å². The third kappa shape index (κ3) is 66.5. The molecular weight excluding hydrogens is 1200 g/mol. The van der Waals surface area contributed by atoms with E-state index >= 15 is 0 Å². The zero-order valence-electron chi connectivity index (χ0n) is 59.0. The Balaban J connectivity index is 5.19. The summed E-state index contributed by atoms with van der Waals surface area (Å²) in [5, 5.41) is 10.6. The minimum atomic E-state index is -4.95. The lowest BCUT2D eigenvalue weighted by atomic mass is 10.0. The fraction of sp³-hybridized carbons (Fsp3) is 0.944. The Hall–Kier alpha value is -1.94. The van der Waals surface area contributed by atoms with E-state index in [1.807, 2.05) is 0 Å². The first kappa shape index (κ1) is 89.1. The van der Waals surface area contributed by atoms with Crippen LogP contribution in [-0.4, -0.2) is 96.7 Å². The van der Waals surface area contributed by atoms with Gasteiger partial charge in [0.2, 0.25) is 0 Å². The number of aliphatic hydroxyl groups is 1. The zero-order chi connectivity index (χ0) is 67.0. The van der Waals surface area contributed by atoms with Gasteiger partial charge in [0, 0.05) is 25.7 Å². The van der Waals surface area contributed by atoms with E-state index in [-0.39, 0.29) is 25.7 Å². The van der Waals surface area contributed by atoms with Gasteiger partial charge in [-0.25, -0.2) is 9.13 Å². The summed E-state index contributed by atoms with van der Waals surface area (Å²) in [7, 11) is -9.90. The van der Waals surface area contributed by atoms with Crippen molar-refractivity contribution < 1.29 is 80.2 Å². The molecule has 0 amide bonds. The molecule has 0 aromatic carbocycles. The highest BCUT2D eigenvalue weighted by atomic mass is 31.2. The van der Waals surface area contributed by atoms with Crippen molar-refractivity contribution in [1.82, 2.24) is 0 Å². The van der Waals surface area contributed by atoms with Crippen molar-refractivity contribution >= 4 is 39.5 Å². The first-order chi connectivity index (χ1) is 44.0. The van der Waals surface area contributed by atoms with Crippen molar-refractivity contribution in [2.75, 3.05) is 39.6 Å². The van der Waals surface area contributed by atoms with Crippen LogP contribution in [-0.2, 0) is 65.4 Å². The molecule has 0 spiro atoms. The molecule has 2 unspecified atom stereocenters. The molecule has 0 radical (unpaired) electrons. The van der Waals surface area contributed by atoms with Crippen molar-refractivity contribution in [3.63, 3.8) is 0 Å². The smallest absolute Gasteiger partial charge is 0.462 e. The highest BCUT2D eigenvalue weighted by molar-refractivity contribution is 7.47. The van der Waals surface area contributed by atoms with Crippen LogP contribution >= 0.6 is 15.6 Å². The predicted molar refractivity (Wildman–Crippen MR) is 368 cm³/mol. The summed E-state index contributed by atoms with van der Waals surface area (Å²) >= 11 is 0. The third-order valence-corrected chi connectivity index (χ3v) is 18.7. The van der Waals surface area contributed by atoms with E-state index in [2.05, 4.69) is 34.6 Å². The average molecular weight is 1340 g/mol. The lowest BCUT2D eigenvalue weighted by Gasteiger charge is -2.21. The van der Waals surface area contributed by atoms with Gasteiger partial charge in [-0.2, -0.15) is 0 Å². The molecule has 0 rings (SSSR count). The first-order valence-electron chi connectivity index (χ1n) is 37.6. The maximum absolute atomic E-state index is 13.0. The predicted octanol–water partition coefficient (Wildman–Crippen LogP) is 20.9. The van der Waals surface area contributed by atoms with E-state index in [1.165, 1.54) is 193 Å². The maximum Gasteiger partial charge on any atom is 0.472 e. The molecule has 0 aliphatic heterocycles. The van der Waals surface area contributed by atoms with E-state index in [0.29, 0.717) is 25.7 Å². The highest BCUT2D eigenvalue weighted by Crippen LogP contribution is 2.45. The van der Waals surface area contributed by atoms with Crippen LogP contribution in [0.5, 0.6) is 0 Å². The molecule has 0 aliphatic carbocycles. The third-order valence-electron chi connectivity index (χ3n) is 16.8. The van der Waals surface area contributed by atoms with Crippen LogP contribution in [0, 0.1) is 5.92 Å². The first-order valence-corrected chi connectivity index (χ1v) is 40.6. The normalized spacial score (nSPS) is 14.0. The molecule has 0 aromatic rings. The minimum Gasteiger partial charge on any atom is -0.462 e. The van der Waals surface area contributed by atoms with Gasteiger partial charge >= 0.3 is 39.5 Å². The number of aliphatic hydroxyl groups excluding tert-OH is 1. The molecule has 5 atom stereocenters. The molecule has 17 nitrogen and oxygen atoms in total. The summed E-state index contributed by atoms with van der Waals surface area (Å²) in [5.74, 6) is -1.35. The standard InChI is InChI=1S/C72H140O17P2/c1-6-9-12-15-18-21-23-24-25-26-27-28-29-30-33-38-43-48-53-58-72(77)89-68(62-83-70(75)56-51-46-41-37-34-31-32-35-39-44-49-54-65(4)5)64-87-91(80,81)85-60-66(73)59-84-90(78,79)86-63-67(61-82-69(74)55-50-45-40-20-17-14-11-8-3)88-71(76)57-52-47-42-36-22-19-16-13-10-7-2/h65-68,73H,6-64H2,1-5H3,(H,78,79)(H,80,81)/t66-,67+,68+/m0/s1. The Labute approximate surface area is 556 Å². The quantitative estimate of drug-likeness (QED) is 0.0222. The van der Waals surface area contributed by atoms with Gasteiger partial charge in [0.15, 0.2) is 12.2 Å². The summed E-state index contributed by atoms with van der Waals surface area (Å²) in [5.41, 5.74) is 0. The summed E-state index contributed by atoms with van der Waals surface area (Å²) < 4.78 is 68.3. The summed E-state index contributed by atoms with van der Waals surface area (Å²) in [6.45, 7) is 7.23. The molecule has 19 heteroatoms. The highest BCUT2D eigenvalue weighted by Gasteiger charge is 2.30. The van der Waals surface area contributed by atoms with Gasteiger partial charge in [0.25, 0.3) is 0 Å². The molecule has 0 fully saturated rings. The number of ether oxygens (including phenoxy) is 4. The van der Waals surface area contributed by atoms with Crippen LogP contribution in [0.15, 0.2) is 0 Å². The van der Waals surface area contributed by atoms with Crippen LogP contribution in [0.3, 0.4) is 0 Å². The van der Waals surface area contributed by atoms with Crippen LogP contribution in [0.4, 0.5) is 0 Å². The van der Waals surface area contributed by atoms with Gasteiger partial charge < -0.3 is 33.8 Å². The molecule has 0 saturated carbocycles. The second-order valence-electron chi connectivity index (χ2n) is 26.5. The number of hydrogen-bond donors (Lipinski definition) is 3. The lowest BCUT2D eigenvalue weighted by molar-refractivity contribution is -0.161. The van der Waals surface area contributed by atoms with Crippen molar-refractivity contribution in [3.05, 3.63) is 0 Å². The molecule has 3 N–H and O–H groups in total. The second kappa shape index (κ2) is 65.4. The fourth-order valence-corrected chi connectivity index (χ4v) is 12.6. The zero-order valence-corrected chi connectivity index (χ0v) is 60.8. The molecule has 0 heterocycles. The van der Waals surface area contributed by atoms with Gasteiger partial charge in [-0.15, -0.1) is 0 Å². The topological polar surface area (TPSA) is 237 Å². The number of unbranched alkanes of at least 4 members (excludes halogenated alkanes) is 44. The second-order valence-corrected chi connectivity index (χ2v) is 29.4. The Morgan fingerprint density at radius 2 is 0.505 bits per heavy atom. The average Bonchev–Trinajstić information content (AvgIpc) is 3.73. The molecule has 0 aromatic heterocycles. The number of hydrogen-bond acceptors (Lipinski definition) is 15. The van der Waals surface area contributed by atoms with E-state index in [4.69, 9.17) is 37.0 Å². The Kier molecular flexibility index (Phi) is 64.0. The van der Waals surface area contributed by atoms with Crippen LogP contribution < -0.4 is 0 Å². The molecule has 91 heavy (non-hydrogen) atoms. The Bertz CT molecular complexity index is 1750. The van der Waals surface area contributed by atoms with Gasteiger partial charge in [0.05, 0.1) is 26.4 Å². The number of carbonyl (C=O) groups excluding carboxylic acids is 4. The van der Waals surface area contributed by atoms with Crippen LogP contribution in [0.1, 0.15) is 375 Å². The van der Waals surface area contributed by atoms with Crippen molar-refractivity contribution in [2.24, 2.45) is 5.92 Å². The van der Waals surface area contributed by atoms with E-state index in [1.54, 1.807) is 0 Å². The molecule has 0 bridgehead atoms. The SMILES string of the molecule is CCCCCCCCCCCCCCCCCCCCCC(=O)O[C@H](COC(=O)CCCCCCCCCCCCCC(C)C)COP(=O)(O)OC[C@@H](O)COP(=O)(O)OC[C@@H](COC(=O)CCCCCCCCCC)OC(=O)CCCCCCCCCCCC. The minimum absolute atomic E-state index is 0.106. The van der Waals surface area contributed by atoms with Crippen molar-refractivity contribution in [3.8, 4) is 0 Å². The van der Waals surface area contributed by atoms with Crippen molar-refractivity contribution in [1.29, 1.82) is 0 Å². The van der Waals surface area contributed by atoms with Crippen LogP contribution in [0.25, 0.3) is 0 Å². The van der Waals surface area contributed by atoms with Gasteiger partial charge in [-0.05, 0) is 31.6 Å². The van der Waals surface area contributed by atoms with Crippen molar-refractivity contribution in [2.45, 2.75) is 393 Å². The molecule has 0 saturated heterocycles. The molecule has 540 valence electrons. The number of carbonyl (C=O) groups is 4. The lowest BCUT2D eigenvalue weighted by Crippen LogP contribution is -2.30. The fourth-order valence-electron chi connectivity index (χ4n) is 11.0. The summed E-state index contributed by atoms with van der Waals surface area (Å²) in [6.07, 6.45) is 52.8. The van der Waals surface area contributed by atoms with E-state index in [0.717, 1.165) is 102 Å². The Morgan fingerprint density at radius 3 is 0.747 bits per heavy atom. The summed E-state index contributed by atoms with van der Waals surface area (Å²) in [4.78, 5) is 72.5. The maximum atomic E-state index is 13.0. The van der Waals surface area contributed by atoms with E-state index < -0.39 is 97.5 Å². The molecular formula is C72H140O17P2. The Morgan fingerprint density at radius 1 is 0.297 bits per heavy atom. The monoisotopic (exact) mass is 1340 g/mol. The number of phosphoric acid groups is 2. The largest absolute Gasteiger partial charge is 0.472 e. The van der Waals surface area contributed by atoms with E-state index in [9.17, 15) is 43.2 Å². The van der Waals surface area contributed by atoms with Gasteiger partial charge in [-0.1, -0.05) is 324 Å². The molecule has 0 aliphatic rings. The van der Waals surface area contributed by atoms with Crippen LogP contribution in [0.2, 0.25) is 0 Å². The summed E-state index contributed by atoms with van der Waals surface area (Å²) in [6, 6.07) is 0. The van der Waals surface area contributed by atoms with Gasteiger partial charge in [0.1, 0.15) is 19.3 Å².